The minimum atomic E-state index is -4.83. The Morgan fingerprint density at radius 3 is 2.50 bits per heavy atom. The summed E-state index contributed by atoms with van der Waals surface area (Å²) in [6, 6.07) is 8.74. The van der Waals surface area contributed by atoms with E-state index in [1.807, 2.05) is 0 Å². The Balaban J connectivity index is 1.95. The molecule has 0 aliphatic heterocycles. The van der Waals surface area contributed by atoms with Crippen molar-refractivity contribution in [3.63, 3.8) is 0 Å². The average molecular weight is 387 g/mol. The van der Waals surface area contributed by atoms with Crippen LogP contribution in [-0.4, -0.2) is 23.8 Å². The van der Waals surface area contributed by atoms with Gasteiger partial charge in [0.25, 0.3) is 0 Å². The molecule has 2 aromatic rings. The number of ether oxygens (including phenoxy) is 1. The molecule has 0 aliphatic rings. The summed E-state index contributed by atoms with van der Waals surface area (Å²) in [4.78, 5) is 23.3. The molecule has 0 atom stereocenters. The summed E-state index contributed by atoms with van der Waals surface area (Å²) in [5, 5.41) is 2.40. The van der Waals surface area contributed by atoms with E-state index in [9.17, 15) is 27.2 Å². The summed E-state index contributed by atoms with van der Waals surface area (Å²) in [6.07, 6.45) is -4.83. The second-order valence-corrected chi connectivity index (χ2v) is 6.13. The largest absolute Gasteiger partial charge is 0.573 e. The highest BCUT2D eigenvalue weighted by Crippen LogP contribution is 2.26. The van der Waals surface area contributed by atoms with E-state index in [0.29, 0.717) is 0 Å². The van der Waals surface area contributed by atoms with E-state index in [4.69, 9.17) is 0 Å². The number of halogens is 4. The predicted molar refractivity (Wildman–Crippen MR) is 88.9 cm³/mol. The summed E-state index contributed by atoms with van der Waals surface area (Å²) in [5.41, 5.74) is 0.336. The number of rotatable bonds is 6. The van der Waals surface area contributed by atoms with Crippen LogP contribution in [0.2, 0.25) is 0 Å². The van der Waals surface area contributed by atoms with Gasteiger partial charge >= 0.3 is 6.36 Å². The number of carbonyl (C=O) groups excluding carboxylic acids is 2. The van der Waals surface area contributed by atoms with Crippen molar-refractivity contribution in [1.29, 1.82) is 0 Å². The van der Waals surface area contributed by atoms with Crippen LogP contribution in [0.4, 0.5) is 23.2 Å². The van der Waals surface area contributed by atoms with E-state index < -0.39 is 23.8 Å². The first-order valence-corrected chi connectivity index (χ1v) is 8.21. The molecule has 0 unspecified atom stereocenters. The normalized spacial score (nSPS) is 11.1. The smallest absolute Gasteiger partial charge is 0.406 e. The van der Waals surface area contributed by atoms with Crippen LogP contribution in [0, 0.1) is 5.82 Å². The van der Waals surface area contributed by atoms with Gasteiger partial charge in [-0.05, 0) is 31.2 Å². The zero-order valence-corrected chi connectivity index (χ0v) is 14.2. The lowest BCUT2D eigenvalue weighted by molar-refractivity contribution is -0.274. The number of Topliss-reactive ketones (excluding diaryl/α,β-unsaturated/α-hetero) is 1. The number of ketones is 1. The lowest BCUT2D eigenvalue weighted by Gasteiger charge is -2.11. The number of anilines is 1. The minimum absolute atomic E-state index is 0.116. The average Bonchev–Trinajstić information content (AvgIpc) is 2.52. The Hall–Kier alpha value is -2.55. The molecule has 0 spiro atoms. The molecular formula is C17H13F4NO3S. The Labute approximate surface area is 150 Å². The van der Waals surface area contributed by atoms with Gasteiger partial charge in [0.1, 0.15) is 11.6 Å². The fraction of sp³-hybridized carbons (Fsp3) is 0.176. The van der Waals surface area contributed by atoms with E-state index in [2.05, 4.69) is 10.1 Å². The third-order valence-electron chi connectivity index (χ3n) is 3.05. The predicted octanol–water partition coefficient (Wildman–Crippen LogP) is 4.66. The van der Waals surface area contributed by atoms with Gasteiger partial charge < -0.3 is 10.1 Å². The lowest BCUT2D eigenvalue weighted by Crippen LogP contribution is -2.18. The summed E-state index contributed by atoms with van der Waals surface area (Å²) in [7, 11) is 0. The van der Waals surface area contributed by atoms with Gasteiger partial charge in [0.05, 0.1) is 5.75 Å². The second kappa shape index (κ2) is 8.22. The van der Waals surface area contributed by atoms with Gasteiger partial charge in [-0.2, -0.15) is 0 Å². The molecule has 138 valence electrons. The van der Waals surface area contributed by atoms with Crippen LogP contribution < -0.4 is 10.1 Å². The molecule has 0 aromatic heterocycles. The number of thioether (sulfide) groups is 1. The van der Waals surface area contributed by atoms with Gasteiger partial charge in [0.2, 0.25) is 5.91 Å². The number of benzene rings is 2. The molecule has 9 heteroatoms. The van der Waals surface area contributed by atoms with Crippen LogP contribution in [0.5, 0.6) is 5.75 Å². The second-order valence-electron chi connectivity index (χ2n) is 5.11. The highest BCUT2D eigenvalue weighted by atomic mass is 32.2. The fourth-order valence-electron chi connectivity index (χ4n) is 1.95. The quantitative estimate of drug-likeness (QED) is 0.445. The number of hydrogen-bond acceptors (Lipinski definition) is 4. The van der Waals surface area contributed by atoms with E-state index >= 15 is 0 Å². The topological polar surface area (TPSA) is 55.4 Å². The first-order valence-electron chi connectivity index (χ1n) is 7.23. The van der Waals surface area contributed by atoms with Crippen molar-refractivity contribution in [3.8, 4) is 5.75 Å². The molecule has 26 heavy (non-hydrogen) atoms. The van der Waals surface area contributed by atoms with Gasteiger partial charge in [-0.1, -0.05) is 12.1 Å². The van der Waals surface area contributed by atoms with Gasteiger partial charge in [-0.15, -0.1) is 24.9 Å². The molecule has 1 amide bonds. The van der Waals surface area contributed by atoms with Crippen molar-refractivity contribution in [2.75, 3.05) is 11.1 Å². The van der Waals surface area contributed by atoms with Gasteiger partial charge in [-0.3, -0.25) is 9.59 Å². The number of alkyl halides is 3. The van der Waals surface area contributed by atoms with Crippen LogP contribution in [0.15, 0.2) is 47.4 Å². The molecule has 0 fully saturated rings. The highest BCUT2D eigenvalue weighted by molar-refractivity contribution is 8.00. The zero-order chi connectivity index (χ0) is 19.3. The number of carbonyl (C=O) groups is 2. The molecule has 0 radical (unpaired) electrons. The maximum Gasteiger partial charge on any atom is 0.573 e. The molecule has 2 rings (SSSR count). The van der Waals surface area contributed by atoms with E-state index in [0.717, 1.165) is 30.0 Å². The fourth-order valence-corrected chi connectivity index (χ4v) is 2.67. The Morgan fingerprint density at radius 1 is 1.15 bits per heavy atom. The molecule has 0 aliphatic carbocycles. The van der Waals surface area contributed by atoms with Crippen molar-refractivity contribution in [2.24, 2.45) is 0 Å². The van der Waals surface area contributed by atoms with Gasteiger partial charge in [-0.25, -0.2) is 4.39 Å². The Kier molecular flexibility index (Phi) is 6.25. The molecule has 1 N–H and O–H groups in total. The van der Waals surface area contributed by atoms with E-state index in [1.165, 1.54) is 31.2 Å². The number of hydrogen-bond donors (Lipinski definition) is 1. The van der Waals surface area contributed by atoms with E-state index in [-0.39, 0.29) is 27.7 Å². The van der Waals surface area contributed by atoms with Crippen LogP contribution in [0.3, 0.4) is 0 Å². The third-order valence-corrected chi connectivity index (χ3v) is 4.10. The van der Waals surface area contributed by atoms with Crippen molar-refractivity contribution < 1.29 is 31.9 Å². The minimum Gasteiger partial charge on any atom is -0.406 e. The standard InChI is InChI=1S/C17H13F4NO3S/c1-10(23)11-5-6-15(14(18)7-11)26-9-16(24)22-12-3-2-4-13(8-12)25-17(19,20)21/h2-8H,9H2,1H3,(H,22,24). The summed E-state index contributed by atoms with van der Waals surface area (Å²) in [5.74, 6) is -2.07. The molecule has 0 heterocycles. The van der Waals surface area contributed by atoms with Crippen molar-refractivity contribution >= 4 is 29.1 Å². The SMILES string of the molecule is CC(=O)c1ccc(SCC(=O)Nc2cccc(OC(F)(F)F)c2)c(F)c1. The highest BCUT2D eigenvalue weighted by Gasteiger charge is 2.31. The van der Waals surface area contributed by atoms with Crippen LogP contribution in [-0.2, 0) is 4.79 Å². The molecular weight excluding hydrogens is 374 g/mol. The lowest BCUT2D eigenvalue weighted by atomic mass is 10.1. The van der Waals surface area contributed by atoms with Gasteiger partial charge in [0.15, 0.2) is 5.78 Å². The summed E-state index contributed by atoms with van der Waals surface area (Å²) >= 11 is 0.899. The third kappa shape index (κ3) is 6.07. The Morgan fingerprint density at radius 2 is 1.88 bits per heavy atom. The number of nitrogens with one attached hydrogen (secondary N) is 1. The van der Waals surface area contributed by atoms with Crippen molar-refractivity contribution in [2.45, 2.75) is 18.2 Å². The van der Waals surface area contributed by atoms with Crippen molar-refractivity contribution in [3.05, 3.63) is 53.8 Å². The van der Waals surface area contributed by atoms with Gasteiger partial charge in [0, 0.05) is 22.2 Å². The summed E-state index contributed by atoms with van der Waals surface area (Å²) in [6.45, 7) is 1.31. The van der Waals surface area contributed by atoms with Crippen LogP contribution in [0.25, 0.3) is 0 Å². The molecule has 0 saturated carbocycles. The molecule has 2 aromatic carbocycles. The maximum atomic E-state index is 13.9. The van der Waals surface area contributed by atoms with Crippen LogP contribution in [0.1, 0.15) is 17.3 Å². The summed E-state index contributed by atoms with van der Waals surface area (Å²) < 4.78 is 54.2. The Bertz CT molecular complexity index is 824. The van der Waals surface area contributed by atoms with Crippen LogP contribution >= 0.6 is 11.8 Å². The zero-order valence-electron chi connectivity index (χ0n) is 13.4. The molecule has 0 bridgehead atoms. The monoisotopic (exact) mass is 387 g/mol. The van der Waals surface area contributed by atoms with E-state index in [1.54, 1.807) is 0 Å². The molecule has 4 nitrogen and oxygen atoms in total. The molecule has 0 saturated heterocycles. The van der Waals surface area contributed by atoms with Crippen molar-refractivity contribution in [1.82, 2.24) is 0 Å². The first kappa shape index (κ1) is 19.8. The maximum absolute atomic E-state index is 13.9. The number of amides is 1. The first-order chi connectivity index (χ1) is 12.1.